The Labute approximate surface area is 123 Å². The van der Waals surface area contributed by atoms with Gasteiger partial charge in [-0.3, -0.25) is 0 Å². The number of rotatable bonds is 5. The SMILES string of the molecule is COC(=O)C(C(=O)OC)=C(CS(C)(=O)=O)c1ccccc1. The van der Waals surface area contributed by atoms with Gasteiger partial charge in [-0.2, -0.15) is 0 Å². The Morgan fingerprint density at radius 2 is 1.48 bits per heavy atom. The molecule has 0 bridgehead atoms. The minimum absolute atomic E-state index is 0.0526. The molecule has 1 aromatic carbocycles. The van der Waals surface area contributed by atoms with Crippen LogP contribution in [0.3, 0.4) is 0 Å². The van der Waals surface area contributed by atoms with Crippen LogP contribution in [0.2, 0.25) is 0 Å². The fraction of sp³-hybridized carbons (Fsp3) is 0.286. The van der Waals surface area contributed by atoms with Crippen molar-refractivity contribution in [2.45, 2.75) is 0 Å². The van der Waals surface area contributed by atoms with Crippen LogP contribution in [0.4, 0.5) is 0 Å². The third kappa shape index (κ3) is 4.71. The van der Waals surface area contributed by atoms with Crippen molar-refractivity contribution in [3.63, 3.8) is 0 Å². The molecular formula is C14H16O6S. The van der Waals surface area contributed by atoms with Crippen LogP contribution in [-0.4, -0.2) is 46.6 Å². The zero-order valence-electron chi connectivity index (χ0n) is 12.0. The largest absolute Gasteiger partial charge is 0.465 e. The average Bonchev–Trinajstić information content (AvgIpc) is 2.45. The fourth-order valence-electron chi connectivity index (χ4n) is 1.74. The predicted molar refractivity (Wildman–Crippen MR) is 77.1 cm³/mol. The summed E-state index contributed by atoms with van der Waals surface area (Å²) in [7, 11) is -1.26. The summed E-state index contributed by atoms with van der Waals surface area (Å²) >= 11 is 0. The number of hydrogen-bond donors (Lipinski definition) is 0. The monoisotopic (exact) mass is 312 g/mol. The number of esters is 2. The fourth-order valence-corrected chi connectivity index (χ4v) is 2.57. The second-order valence-corrected chi connectivity index (χ2v) is 6.41. The number of carbonyl (C=O) groups excluding carboxylic acids is 2. The topological polar surface area (TPSA) is 86.7 Å². The van der Waals surface area contributed by atoms with E-state index in [4.69, 9.17) is 0 Å². The van der Waals surface area contributed by atoms with Crippen molar-refractivity contribution in [1.29, 1.82) is 0 Å². The molecule has 0 unspecified atom stereocenters. The normalized spacial score (nSPS) is 10.6. The minimum atomic E-state index is -3.47. The molecule has 0 aliphatic carbocycles. The third-order valence-electron chi connectivity index (χ3n) is 2.61. The highest BCUT2D eigenvalue weighted by molar-refractivity contribution is 7.91. The van der Waals surface area contributed by atoms with Crippen molar-refractivity contribution >= 4 is 27.3 Å². The Bertz CT molecular complexity index is 640. The maximum Gasteiger partial charge on any atom is 0.345 e. The van der Waals surface area contributed by atoms with Crippen LogP contribution in [0.15, 0.2) is 35.9 Å². The average molecular weight is 312 g/mol. The smallest absolute Gasteiger partial charge is 0.345 e. The van der Waals surface area contributed by atoms with Gasteiger partial charge in [0.1, 0.15) is 5.57 Å². The molecule has 114 valence electrons. The zero-order chi connectivity index (χ0) is 16.0. The van der Waals surface area contributed by atoms with Gasteiger partial charge in [-0.15, -0.1) is 0 Å². The van der Waals surface area contributed by atoms with E-state index in [1.807, 2.05) is 0 Å². The lowest BCUT2D eigenvalue weighted by Gasteiger charge is -2.12. The molecule has 0 heterocycles. The van der Waals surface area contributed by atoms with E-state index in [2.05, 4.69) is 9.47 Å². The Balaban J connectivity index is 3.60. The molecule has 0 radical (unpaired) electrons. The van der Waals surface area contributed by atoms with Gasteiger partial charge < -0.3 is 9.47 Å². The van der Waals surface area contributed by atoms with Gasteiger partial charge in [0.15, 0.2) is 9.84 Å². The number of methoxy groups -OCH3 is 2. The summed E-state index contributed by atoms with van der Waals surface area (Å²) in [5.74, 6) is -2.36. The van der Waals surface area contributed by atoms with Crippen molar-refractivity contribution in [1.82, 2.24) is 0 Å². The van der Waals surface area contributed by atoms with E-state index in [0.29, 0.717) is 5.56 Å². The summed E-state index contributed by atoms with van der Waals surface area (Å²) in [5.41, 5.74) is 0.0714. The molecule has 0 saturated carbocycles. The molecule has 6 nitrogen and oxygen atoms in total. The molecule has 21 heavy (non-hydrogen) atoms. The Morgan fingerprint density at radius 1 is 1.00 bits per heavy atom. The second-order valence-electron chi connectivity index (χ2n) is 4.27. The van der Waals surface area contributed by atoms with E-state index in [0.717, 1.165) is 20.5 Å². The third-order valence-corrected chi connectivity index (χ3v) is 3.42. The van der Waals surface area contributed by atoms with E-state index < -0.39 is 33.1 Å². The number of benzene rings is 1. The van der Waals surface area contributed by atoms with Crippen LogP contribution < -0.4 is 0 Å². The summed E-state index contributed by atoms with van der Waals surface area (Å²) in [6.07, 6.45) is 1.02. The van der Waals surface area contributed by atoms with E-state index >= 15 is 0 Å². The van der Waals surface area contributed by atoms with Gasteiger partial charge in [0.25, 0.3) is 0 Å². The quantitative estimate of drug-likeness (QED) is 0.346. The van der Waals surface area contributed by atoms with Crippen molar-refractivity contribution < 1.29 is 27.5 Å². The first-order valence-electron chi connectivity index (χ1n) is 5.93. The maximum absolute atomic E-state index is 11.8. The number of sulfone groups is 1. The van der Waals surface area contributed by atoms with Crippen molar-refractivity contribution in [2.24, 2.45) is 0 Å². The Hall–Kier alpha value is -2.15. The lowest BCUT2D eigenvalue weighted by atomic mass is 10.0. The molecule has 0 N–H and O–H groups in total. The van der Waals surface area contributed by atoms with Crippen molar-refractivity contribution in [3.05, 3.63) is 41.5 Å². The first-order chi connectivity index (χ1) is 9.80. The summed E-state index contributed by atoms with van der Waals surface area (Å²) in [5, 5.41) is 0. The van der Waals surface area contributed by atoms with Crippen molar-refractivity contribution in [3.8, 4) is 0 Å². The van der Waals surface area contributed by atoms with Crippen LogP contribution in [-0.2, 0) is 28.9 Å². The number of hydrogen-bond acceptors (Lipinski definition) is 6. The molecule has 1 aromatic rings. The number of ether oxygens (including phenoxy) is 2. The van der Waals surface area contributed by atoms with Gasteiger partial charge in [-0.05, 0) is 11.1 Å². The van der Waals surface area contributed by atoms with Gasteiger partial charge in [0.2, 0.25) is 0 Å². The molecule has 0 aliphatic heterocycles. The number of carbonyl (C=O) groups is 2. The van der Waals surface area contributed by atoms with E-state index in [9.17, 15) is 18.0 Å². The van der Waals surface area contributed by atoms with E-state index in [-0.39, 0.29) is 5.57 Å². The van der Waals surface area contributed by atoms with Gasteiger partial charge in [-0.25, -0.2) is 18.0 Å². The highest BCUT2D eigenvalue weighted by Gasteiger charge is 2.27. The van der Waals surface area contributed by atoms with Gasteiger partial charge in [-0.1, -0.05) is 30.3 Å². The second kappa shape index (κ2) is 7.03. The first kappa shape index (κ1) is 16.9. The maximum atomic E-state index is 11.8. The highest BCUT2D eigenvalue weighted by atomic mass is 32.2. The first-order valence-corrected chi connectivity index (χ1v) is 7.99. The van der Waals surface area contributed by atoms with Crippen LogP contribution in [0.1, 0.15) is 5.56 Å². The molecular weight excluding hydrogens is 296 g/mol. The molecule has 7 heteroatoms. The van der Waals surface area contributed by atoms with E-state index in [1.54, 1.807) is 30.3 Å². The predicted octanol–water partition coefficient (Wildman–Crippen LogP) is 0.831. The van der Waals surface area contributed by atoms with Crippen LogP contribution in [0.25, 0.3) is 5.57 Å². The zero-order valence-corrected chi connectivity index (χ0v) is 12.8. The molecule has 0 fully saturated rings. The van der Waals surface area contributed by atoms with Gasteiger partial charge in [0, 0.05) is 6.26 Å². The van der Waals surface area contributed by atoms with Gasteiger partial charge in [0.05, 0.1) is 20.0 Å². The lowest BCUT2D eigenvalue weighted by molar-refractivity contribution is -0.143. The summed E-state index contributed by atoms with van der Waals surface area (Å²) in [6.45, 7) is 0. The summed E-state index contributed by atoms with van der Waals surface area (Å²) < 4.78 is 32.3. The molecule has 1 rings (SSSR count). The molecule has 0 aliphatic rings. The molecule has 0 saturated heterocycles. The van der Waals surface area contributed by atoms with Crippen molar-refractivity contribution in [2.75, 3.05) is 26.2 Å². The lowest BCUT2D eigenvalue weighted by Crippen LogP contribution is -2.20. The van der Waals surface area contributed by atoms with Crippen LogP contribution in [0.5, 0.6) is 0 Å². The standard InChI is InChI=1S/C14H16O6S/c1-19-13(15)12(14(16)20-2)11(9-21(3,17)18)10-7-5-4-6-8-10/h4-8H,9H2,1-3H3. The molecule has 0 atom stereocenters. The highest BCUT2D eigenvalue weighted by Crippen LogP contribution is 2.22. The van der Waals surface area contributed by atoms with E-state index in [1.165, 1.54) is 0 Å². The summed E-state index contributed by atoms with van der Waals surface area (Å²) in [4.78, 5) is 23.7. The minimum Gasteiger partial charge on any atom is -0.465 e. The summed E-state index contributed by atoms with van der Waals surface area (Å²) in [6, 6.07) is 8.28. The van der Waals surface area contributed by atoms with Crippen LogP contribution >= 0.6 is 0 Å². The molecule has 0 amide bonds. The van der Waals surface area contributed by atoms with Crippen LogP contribution in [0, 0.1) is 0 Å². The molecule has 0 aromatic heterocycles. The Kier molecular flexibility index (Phi) is 5.66. The molecule has 0 spiro atoms. The van der Waals surface area contributed by atoms with Gasteiger partial charge >= 0.3 is 11.9 Å². The Morgan fingerprint density at radius 3 is 1.86 bits per heavy atom.